The highest BCUT2D eigenvalue weighted by molar-refractivity contribution is 7.99. The molecular weight excluding hydrogens is 410 g/mol. The molecule has 2 N–H and O–H groups in total. The Morgan fingerprint density at radius 3 is 2.68 bits per heavy atom. The summed E-state index contributed by atoms with van der Waals surface area (Å²) < 4.78 is 1.98. The monoisotopic (exact) mass is 431 g/mol. The minimum absolute atomic E-state index is 0.107. The number of aromatic nitrogens is 3. The fourth-order valence-corrected chi connectivity index (χ4v) is 4.03. The molecule has 0 radical (unpaired) electrons. The second kappa shape index (κ2) is 9.44. The maximum absolute atomic E-state index is 12.3. The van der Waals surface area contributed by atoms with Crippen LogP contribution in [0.5, 0.6) is 5.75 Å². The lowest BCUT2D eigenvalue weighted by molar-refractivity contribution is -0.118. The maximum Gasteiger partial charge on any atom is 0.250 e. The number of nitrogens with zero attached hydrogens (tertiary/aromatic N) is 4. The number of benzene rings is 3. The lowest BCUT2D eigenvalue weighted by atomic mass is 10.0. The van der Waals surface area contributed by atoms with Gasteiger partial charge < -0.3 is 9.67 Å². The summed E-state index contributed by atoms with van der Waals surface area (Å²) in [6, 6.07) is 20.9. The summed E-state index contributed by atoms with van der Waals surface area (Å²) in [7, 11) is 0. The number of amides is 1. The highest BCUT2D eigenvalue weighted by atomic mass is 32.2. The number of phenols is 1. The van der Waals surface area contributed by atoms with E-state index in [4.69, 9.17) is 0 Å². The van der Waals surface area contributed by atoms with Crippen LogP contribution in [-0.2, 0) is 11.3 Å². The summed E-state index contributed by atoms with van der Waals surface area (Å²) in [6.45, 7) is 2.71. The van der Waals surface area contributed by atoms with Crippen LogP contribution in [0.15, 0.2) is 77.0 Å². The normalized spacial score (nSPS) is 11.3. The molecule has 0 atom stereocenters. The third-order valence-corrected chi connectivity index (χ3v) is 5.69. The number of phenolic OH excluding ortho intramolecular Hbond substituents is 1. The lowest BCUT2D eigenvalue weighted by Crippen LogP contribution is -2.20. The zero-order valence-corrected chi connectivity index (χ0v) is 17.7. The molecular formula is C23H21N5O2S. The Hall–Kier alpha value is -3.65. The molecule has 0 aliphatic rings. The van der Waals surface area contributed by atoms with Gasteiger partial charge in [0, 0.05) is 17.7 Å². The van der Waals surface area contributed by atoms with Gasteiger partial charge in [0.1, 0.15) is 5.75 Å². The molecule has 7 nitrogen and oxygen atoms in total. The molecule has 0 bridgehead atoms. The topological polar surface area (TPSA) is 92.4 Å². The third kappa shape index (κ3) is 4.59. The molecule has 1 heterocycles. The van der Waals surface area contributed by atoms with E-state index >= 15 is 0 Å². The Kier molecular flexibility index (Phi) is 6.28. The minimum atomic E-state index is -0.270. The van der Waals surface area contributed by atoms with Gasteiger partial charge in [-0.2, -0.15) is 5.10 Å². The van der Waals surface area contributed by atoms with Crippen molar-refractivity contribution in [2.75, 3.05) is 5.75 Å². The second-order valence-electron chi connectivity index (χ2n) is 6.72. The number of rotatable bonds is 7. The van der Waals surface area contributed by atoms with Crippen molar-refractivity contribution in [3.8, 4) is 17.1 Å². The number of fused-ring (bicyclic) bond motifs is 1. The molecule has 0 saturated heterocycles. The molecule has 8 heteroatoms. The van der Waals surface area contributed by atoms with Gasteiger partial charge in [-0.25, -0.2) is 5.43 Å². The fourth-order valence-electron chi connectivity index (χ4n) is 3.23. The first-order valence-corrected chi connectivity index (χ1v) is 10.8. The molecule has 156 valence electrons. The number of hydrazone groups is 1. The van der Waals surface area contributed by atoms with Crippen molar-refractivity contribution in [3.05, 3.63) is 72.3 Å². The second-order valence-corrected chi connectivity index (χ2v) is 7.66. The van der Waals surface area contributed by atoms with E-state index in [1.807, 2.05) is 72.2 Å². The number of hydrogen-bond acceptors (Lipinski definition) is 6. The van der Waals surface area contributed by atoms with Crippen molar-refractivity contribution in [3.63, 3.8) is 0 Å². The summed E-state index contributed by atoms with van der Waals surface area (Å²) in [5.41, 5.74) is 4.05. The number of nitrogens with one attached hydrogen (secondary N) is 1. The smallest absolute Gasteiger partial charge is 0.250 e. The van der Waals surface area contributed by atoms with Gasteiger partial charge in [0.25, 0.3) is 5.91 Å². The van der Waals surface area contributed by atoms with Crippen molar-refractivity contribution < 1.29 is 9.90 Å². The predicted molar refractivity (Wildman–Crippen MR) is 123 cm³/mol. The van der Waals surface area contributed by atoms with Crippen LogP contribution < -0.4 is 5.43 Å². The van der Waals surface area contributed by atoms with Gasteiger partial charge in [-0.05, 0) is 23.8 Å². The van der Waals surface area contributed by atoms with Gasteiger partial charge in [-0.15, -0.1) is 10.2 Å². The van der Waals surface area contributed by atoms with Crippen LogP contribution in [0.3, 0.4) is 0 Å². The number of carbonyl (C=O) groups excluding carboxylic acids is 1. The molecule has 1 aromatic heterocycles. The minimum Gasteiger partial charge on any atom is -0.507 e. The standard InChI is InChI=1S/C23H21N5O2S/c1-2-28-22(17-9-4-3-5-10-17)26-27-23(28)31-15-21(30)25-24-14-19-18-11-7-6-8-16(18)12-13-20(19)29/h3-14,29H,2,15H2,1H3,(H,25,30)/b24-14-. The number of aromatic hydroxyl groups is 1. The van der Waals surface area contributed by atoms with E-state index in [1.54, 1.807) is 6.07 Å². The van der Waals surface area contributed by atoms with E-state index in [1.165, 1.54) is 18.0 Å². The Balaban J connectivity index is 1.41. The average Bonchev–Trinajstić information content (AvgIpc) is 3.22. The molecule has 0 aliphatic heterocycles. The fraction of sp³-hybridized carbons (Fsp3) is 0.130. The van der Waals surface area contributed by atoms with Gasteiger partial charge in [0.15, 0.2) is 11.0 Å². The van der Waals surface area contributed by atoms with Gasteiger partial charge in [-0.1, -0.05) is 72.4 Å². The molecule has 0 spiro atoms. The Morgan fingerprint density at radius 1 is 1.10 bits per heavy atom. The maximum atomic E-state index is 12.3. The van der Waals surface area contributed by atoms with Crippen LogP contribution in [0.2, 0.25) is 0 Å². The van der Waals surface area contributed by atoms with Crippen LogP contribution in [0.25, 0.3) is 22.2 Å². The molecule has 31 heavy (non-hydrogen) atoms. The highest BCUT2D eigenvalue weighted by Crippen LogP contribution is 2.26. The van der Waals surface area contributed by atoms with E-state index in [-0.39, 0.29) is 17.4 Å². The molecule has 0 fully saturated rings. The lowest BCUT2D eigenvalue weighted by Gasteiger charge is -2.07. The SMILES string of the molecule is CCn1c(SCC(=O)N/N=C\c2c(O)ccc3ccccc23)nnc1-c1ccccc1. The first-order valence-electron chi connectivity index (χ1n) is 9.81. The van der Waals surface area contributed by atoms with Crippen molar-refractivity contribution in [2.45, 2.75) is 18.6 Å². The number of carbonyl (C=O) groups is 1. The van der Waals surface area contributed by atoms with Crippen LogP contribution in [0.1, 0.15) is 12.5 Å². The van der Waals surface area contributed by atoms with Crippen LogP contribution in [0.4, 0.5) is 0 Å². The van der Waals surface area contributed by atoms with Crippen molar-refractivity contribution in [1.29, 1.82) is 0 Å². The van der Waals surface area contributed by atoms with E-state index in [0.717, 1.165) is 22.2 Å². The Labute approximate surface area is 183 Å². The quantitative estimate of drug-likeness (QED) is 0.261. The van der Waals surface area contributed by atoms with Crippen molar-refractivity contribution >= 4 is 34.7 Å². The van der Waals surface area contributed by atoms with Crippen LogP contribution in [0, 0.1) is 0 Å². The zero-order chi connectivity index (χ0) is 21.6. The van der Waals surface area contributed by atoms with E-state index in [9.17, 15) is 9.90 Å². The van der Waals surface area contributed by atoms with E-state index in [2.05, 4.69) is 20.7 Å². The Bertz CT molecular complexity index is 1240. The van der Waals surface area contributed by atoms with Crippen LogP contribution in [-0.4, -0.2) is 37.7 Å². The Morgan fingerprint density at radius 2 is 1.87 bits per heavy atom. The molecule has 3 aromatic carbocycles. The van der Waals surface area contributed by atoms with Gasteiger partial charge in [0.05, 0.1) is 12.0 Å². The summed E-state index contributed by atoms with van der Waals surface area (Å²) in [4.78, 5) is 12.3. The molecule has 4 aromatic rings. The largest absolute Gasteiger partial charge is 0.507 e. The molecule has 1 amide bonds. The van der Waals surface area contributed by atoms with Crippen molar-refractivity contribution in [2.24, 2.45) is 5.10 Å². The number of hydrogen-bond donors (Lipinski definition) is 2. The van der Waals surface area contributed by atoms with Crippen molar-refractivity contribution in [1.82, 2.24) is 20.2 Å². The summed E-state index contributed by atoms with van der Waals surface area (Å²) in [6.07, 6.45) is 1.46. The number of thioether (sulfide) groups is 1. The molecule has 0 unspecified atom stereocenters. The first kappa shape index (κ1) is 20.6. The summed E-state index contributed by atoms with van der Waals surface area (Å²) >= 11 is 1.30. The van der Waals surface area contributed by atoms with Gasteiger partial charge >= 0.3 is 0 Å². The molecule has 0 saturated carbocycles. The predicted octanol–water partition coefficient (Wildman–Crippen LogP) is 4.07. The van der Waals surface area contributed by atoms with Crippen LogP contribution >= 0.6 is 11.8 Å². The molecule has 0 aliphatic carbocycles. The highest BCUT2D eigenvalue weighted by Gasteiger charge is 2.14. The van der Waals surface area contributed by atoms with Gasteiger partial charge in [-0.3, -0.25) is 4.79 Å². The third-order valence-electron chi connectivity index (χ3n) is 4.73. The van der Waals surface area contributed by atoms with Gasteiger partial charge in [0.2, 0.25) is 0 Å². The summed E-state index contributed by atoms with van der Waals surface area (Å²) in [5.74, 6) is 0.755. The zero-order valence-electron chi connectivity index (χ0n) is 16.9. The average molecular weight is 432 g/mol. The summed E-state index contributed by atoms with van der Waals surface area (Å²) in [5, 5.41) is 25.2. The molecule has 4 rings (SSSR count). The van der Waals surface area contributed by atoms with E-state index in [0.29, 0.717) is 17.3 Å². The first-order chi connectivity index (χ1) is 15.2. The van der Waals surface area contributed by atoms with E-state index < -0.39 is 0 Å².